The summed E-state index contributed by atoms with van der Waals surface area (Å²) >= 11 is 0. The van der Waals surface area contributed by atoms with Crippen molar-refractivity contribution in [2.24, 2.45) is 5.73 Å². The lowest BCUT2D eigenvalue weighted by Crippen LogP contribution is -2.45. The SMILES string of the molecule is COC(=O)C(C)(N)CCCCNC(=O)OC(C)(C)C. The number of rotatable bonds is 6. The average molecular weight is 274 g/mol. The number of alkyl carbamates (subject to hydrolysis) is 1. The molecule has 1 atom stereocenters. The van der Waals surface area contributed by atoms with Gasteiger partial charge in [-0.3, -0.25) is 4.79 Å². The summed E-state index contributed by atoms with van der Waals surface area (Å²) in [6.07, 6.45) is 1.52. The molecule has 19 heavy (non-hydrogen) atoms. The van der Waals surface area contributed by atoms with E-state index in [2.05, 4.69) is 10.1 Å². The van der Waals surface area contributed by atoms with Crippen molar-refractivity contribution in [3.8, 4) is 0 Å². The summed E-state index contributed by atoms with van der Waals surface area (Å²) in [7, 11) is 1.32. The Bertz CT molecular complexity index is 308. The molecule has 0 spiro atoms. The van der Waals surface area contributed by atoms with E-state index in [0.29, 0.717) is 13.0 Å². The van der Waals surface area contributed by atoms with Crippen LogP contribution in [-0.4, -0.2) is 36.9 Å². The van der Waals surface area contributed by atoms with E-state index in [9.17, 15) is 9.59 Å². The molecule has 6 nitrogen and oxygen atoms in total. The van der Waals surface area contributed by atoms with Crippen LogP contribution in [0, 0.1) is 0 Å². The number of nitrogens with two attached hydrogens (primary N) is 1. The Balaban J connectivity index is 3.77. The maximum Gasteiger partial charge on any atom is 0.407 e. The van der Waals surface area contributed by atoms with Gasteiger partial charge in [-0.1, -0.05) is 0 Å². The number of carbonyl (C=O) groups excluding carboxylic acids is 2. The van der Waals surface area contributed by atoms with Crippen molar-refractivity contribution in [3.63, 3.8) is 0 Å². The van der Waals surface area contributed by atoms with Gasteiger partial charge in [0, 0.05) is 6.54 Å². The van der Waals surface area contributed by atoms with E-state index in [-0.39, 0.29) is 0 Å². The normalized spacial score (nSPS) is 14.4. The molecule has 0 rings (SSSR count). The number of carbonyl (C=O) groups is 2. The molecule has 0 radical (unpaired) electrons. The fraction of sp³-hybridized carbons (Fsp3) is 0.846. The Hall–Kier alpha value is -1.30. The van der Waals surface area contributed by atoms with E-state index in [0.717, 1.165) is 12.8 Å². The van der Waals surface area contributed by atoms with Crippen molar-refractivity contribution in [3.05, 3.63) is 0 Å². The van der Waals surface area contributed by atoms with Gasteiger partial charge in [0.15, 0.2) is 0 Å². The zero-order valence-electron chi connectivity index (χ0n) is 12.5. The molecule has 112 valence electrons. The van der Waals surface area contributed by atoms with Gasteiger partial charge in [0.25, 0.3) is 0 Å². The summed E-state index contributed by atoms with van der Waals surface area (Å²) in [5.41, 5.74) is 4.34. The molecule has 0 aliphatic heterocycles. The van der Waals surface area contributed by atoms with Crippen molar-refractivity contribution in [2.45, 2.75) is 58.1 Å². The first-order valence-electron chi connectivity index (χ1n) is 6.42. The molecule has 0 saturated carbocycles. The van der Waals surface area contributed by atoms with Crippen LogP contribution < -0.4 is 11.1 Å². The molecule has 0 aromatic rings. The second-order valence-corrected chi connectivity index (χ2v) is 5.79. The summed E-state index contributed by atoms with van der Waals surface area (Å²) in [6, 6.07) is 0. The third kappa shape index (κ3) is 8.42. The molecule has 0 fully saturated rings. The second-order valence-electron chi connectivity index (χ2n) is 5.79. The molecule has 0 aromatic heterocycles. The third-order valence-corrected chi connectivity index (χ3v) is 2.44. The highest BCUT2D eigenvalue weighted by Crippen LogP contribution is 2.12. The minimum atomic E-state index is -0.972. The molecule has 0 aromatic carbocycles. The van der Waals surface area contributed by atoms with Crippen LogP contribution in [0.25, 0.3) is 0 Å². The van der Waals surface area contributed by atoms with Gasteiger partial charge in [0.1, 0.15) is 11.1 Å². The third-order valence-electron chi connectivity index (χ3n) is 2.44. The van der Waals surface area contributed by atoms with Gasteiger partial charge < -0.3 is 20.5 Å². The number of unbranched alkanes of at least 4 members (excludes halogenated alkanes) is 1. The summed E-state index contributed by atoms with van der Waals surface area (Å²) < 4.78 is 9.70. The minimum absolute atomic E-state index is 0.424. The van der Waals surface area contributed by atoms with Crippen molar-refractivity contribution < 1.29 is 19.1 Å². The fourth-order valence-corrected chi connectivity index (χ4v) is 1.46. The number of amides is 1. The lowest BCUT2D eigenvalue weighted by Gasteiger charge is -2.21. The molecule has 6 heteroatoms. The summed E-state index contributed by atoms with van der Waals surface area (Å²) in [5.74, 6) is -0.424. The molecule has 3 N–H and O–H groups in total. The molecule has 1 amide bonds. The smallest absolute Gasteiger partial charge is 0.407 e. The van der Waals surface area contributed by atoms with Gasteiger partial charge in [-0.05, 0) is 47.0 Å². The monoisotopic (exact) mass is 274 g/mol. The van der Waals surface area contributed by atoms with Crippen LogP contribution in [0.3, 0.4) is 0 Å². The van der Waals surface area contributed by atoms with Gasteiger partial charge in [-0.2, -0.15) is 0 Å². The van der Waals surface area contributed by atoms with E-state index in [1.165, 1.54) is 7.11 Å². The van der Waals surface area contributed by atoms with E-state index in [4.69, 9.17) is 10.5 Å². The highest BCUT2D eigenvalue weighted by molar-refractivity contribution is 5.79. The minimum Gasteiger partial charge on any atom is -0.468 e. The first kappa shape index (κ1) is 17.7. The summed E-state index contributed by atoms with van der Waals surface area (Å²) in [5, 5.41) is 2.65. The number of methoxy groups -OCH3 is 1. The topological polar surface area (TPSA) is 90.6 Å². The first-order valence-corrected chi connectivity index (χ1v) is 6.42. The van der Waals surface area contributed by atoms with Crippen molar-refractivity contribution >= 4 is 12.1 Å². The maximum atomic E-state index is 11.3. The molecule has 0 aliphatic rings. The number of hydrogen-bond acceptors (Lipinski definition) is 5. The highest BCUT2D eigenvalue weighted by atomic mass is 16.6. The van der Waals surface area contributed by atoms with E-state index in [1.54, 1.807) is 6.92 Å². The molecular weight excluding hydrogens is 248 g/mol. The Labute approximate surface area is 115 Å². The van der Waals surface area contributed by atoms with Gasteiger partial charge in [-0.25, -0.2) is 4.79 Å². The number of nitrogens with one attached hydrogen (secondary N) is 1. The molecule has 0 aliphatic carbocycles. The molecule has 1 unspecified atom stereocenters. The molecule has 0 bridgehead atoms. The van der Waals surface area contributed by atoms with Crippen molar-refractivity contribution in [1.29, 1.82) is 0 Å². The zero-order chi connectivity index (χ0) is 15.1. The number of ether oxygens (including phenoxy) is 2. The first-order chi connectivity index (χ1) is 8.58. The van der Waals surface area contributed by atoms with E-state index >= 15 is 0 Å². The number of esters is 1. The molecule has 0 saturated heterocycles. The van der Waals surface area contributed by atoms with Crippen molar-refractivity contribution in [2.75, 3.05) is 13.7 Å². The standard InChI is InChI=1S/C13H26N2O4/c1-12(2,3)19-11(17)15-9-7-6-8-13(4,14)10(16)18-5/h6-9,14H2,1-5H3,(H,15,17). The fourth-order valence-electron chi connectivity index (χ4n) is 1.46. The predicted molar refractivity (Wildman–Crippen MR) is 72.7 cm³/mol. The Morgan fingerprint density at radius 1 is 1.16 bits per heavy atom. The van der Waals surface area contributed by atoms with Gasteiger partial charge in [-0.15, -0.1) is 0 Å². The largest absolute Gasteiger partial charge is 0.468 e. The molecular formula is C13H26N2O4. The van der Waals surface area contributed by atoms with Gasteiger partial charge >= 0.3 is 12.1 Å². The lowest BCUT2D eigenvalue weighted by atomic mass is 9.96. The summed E-state index contributed by atoms with van der Waals surface area (Å²) in [6.45, 7) is 7.56. The second kappa shape index (κ2) is 7.33. The van der Waals surface area contributed by atoms with Crippen LogP contribution in [0.5, 0.6) is 0 Å². The van der Waals surface area contributed by atoms with Crippen molar-refractivity contribution in [1.82, 2.24) is 5.32 Å². The van der Waals surface area contributed by atoms with Gasteiger partial charge in [0.05, 0.1) is 7.11 Å². The highest BCUT2D eigenvalue weighted by Gasteiger charge is 2.28. The predicted octanol–water partition coefficient (Wildman–Crippen LogP) is 1.57. The van der Waals surface area contributed by atoms with Crippen LogP contribution >= 0.6 is 0 Å². The molecule has 0 heterocycles. The lowest BCUT2D eigenvalue weighted by molar-refractivity contribution is -0.146. The van der Waals surface area contributed by atoms with Crippen LogP contribution in [0.1, 0.15) is 47.0 Å². The summed E-state index contributed by atoms with van der Waals surface area (Å²) in [4.78, 5) is 22.7. The average Bonchev–Trinajstić information content (AvgIpc) is 2.24. The van der Waals surface area contributed by atoms with E-state index < -0.39 is 23.2 Å². The quantitative estimate of drug-likeness (QED) is 0.566. The Morgan fingerprint density at radius 2 is 1.74 bits per heavy atom. The Kier molecular flexibility index (Phi) is 6.83. The number of hydrogen-bond donors (Lipinski definition) is 2. The van der Waals surface area contributed by atoms with Crippen LogP contribution in [-0.2, 0) is 14.3 Å². The van der Waals surface area contributed by atoms with Crippen LogP contribution in [0.4, 0.5) is 4.79 Å². The van der Waals surface area contributed by atoms with Gasteiger partial charge in [0.2, 0.25) is 0 Å². The van der Waals surface area contributed by atoms with Crippen LogP contribution in [0.2, 0.25) is 0 Å². The Morgan fingerprint density at radius 3 is 2.21 bits per heavy atom. The maximum absolute atomic E-state index is 11.3. The zero-order valence-corrected chi connectivity index (χ0v) is 12.5. The van der Waals surface area contributed by atoms with E-state index in [1.807, 2.05) is 20.8 Å². The van der Waals surface area contributed by atoms with Crippen LogP contribution in [0.15, 0.2) is 0 Å².